The van der Waals surface area contributed by atoms with Crippen LogP contribution in [0.2, 0.25) is 5.28 Å². The standard InChI is InChI=1S/C21H23ClN4O2/c1-4-26-18-8-7-15(12-17(18)25-21(26)22)20(28)23-10-9-19(27)24-16-11-13(2)5-6-14(16)3/h5-8,11-12H,4,9-10H2,1-3H3,(H,23,28)(H,24,27). The predicted molar refractivity (Wildman–Crippen MR) is 112 cm³/mol. The van der Waals surface area contributed by atoms with E-state index in [1.807, 2.05) is 49.6 Å². The molecule has 0 saturated carbocycles. The van der Waals surface area contributed by atoms with Gasteiger partial charge in [-0.3, -0.25) is 9.59 Å². The lowest BCUT2D eigenvalue weighted by molar-refractivity contribution is -0.116. The highest BCUT2D eigenvalue weighted by Gasteiger charge is 2.12. The SMILES string of the molecule is CCn1c(Cl)nc2cc(C(=O)NCCC(=O)Nc3cc(C)ccc3C)ccc21. The van der Waals surface area contributed by atoms with Crippen LogP contribution in [0.15, 0.2) is 36.4 Å². The number of nitrogens with zero attached hydrogens (tertiary/aromatic N) is 2. The summed E-state index contributed by atoms with van der Waals surface area (Å²) in [4.78, 5) is 28.8. The molecule has 0 aliphatic rings. The number of carbonyl (C=O) groups is 2. The average molecular weight is 399 g/mol. The van der Waals surface area contributed by atoms with Crippen LogP contribution in [-0.4, -0.2) is 27.9 Å². The maximum atomic E-state index is 12.4. The molecule has 0 spiro atoms. The van der Waals surface area contributed by atoms with E-state index in [0.29, 0.717) is 22.9 Å². The first kappa shape index (κ1) is 19.9. The fourth-order valence-electron chi connectivity index (χ4n) is 3.02. The number of hydrogen-bond donors (Lipinski definition) is 2. The van der Waals surface area contributed by atoms with Crippen LogP contribution in [0.3, 0.4) is 0 Å². The Morgan fingerprint density at radius 1 is 1.14 bits per heavy atom. The number of halogens is 1. The zero-order chi connectivity index (χ0) is 20.3. The lowest BCUT2D eigenvalue weighted by atomic mass is 10.1. The minimum absolute atomic E-state index is 0.141. The lowest BCUT2D eigenvalue weighted by Gasteiger charge is -2.10. The Balaban J connectivity index is 1.57. The van der Waals surface area contributed by atoms with Crippen LogP contribution in [0.25, 0.3) is 11.0 Å². The van der Waals surface area contributed by atoms with Crippen molar-refractivity contribution in [2.45, 2.75) is 33.7 Å². The summed E-state index contributed by atoms with van der Waals surface area (Å²) < 4.78 is 1.87. The number of benzene rings is 2. The fraction of sp³-hybridized carbons (Fsp3) is 0.286. The number of nitrogens with one attached hydrogen (secondary N) is 2. The minimum Gasteiger partial charge on any atom is -0.352 e. The van der Waals surface area contributed by atoms with Crippen molar-refractivity contribution in [2.24, 2.45) is 0 Å². The number of aryl methyl sites for hydroxylation is 3. The van der Waals surface area contributed by atoms with E-state index >= 15 is 0 Å². The molecule has 0 atom stereocenters. The Morgan fingerprint density at radius 3 is 2.68 bits per heavy atom. The van der Waals surface area contributed by atoms with E-state index < -0.39 is 0 Å². The predicted octanol–water partition coefficient (Wildman–Crippen LogP) is 4.09. The molecule has 3 rings (SSSR count). The summed E-state index contributed by atoms with van der Waals surface area (Å²) in [6.07, 6.45) is 0.192. The molecule has 28 heavy (non-hydrogen) atoms. The van der Waals surface area contributed by atoms with Gasteiger partial charge in [0.05, 0.1) is 11.0 Å². The number of anilines is 1. The van der Waals surface area contributed by atoms with Gasteiger partial charge in [-0.25, -0.2) is 4.98 Å². The summed E-state index contributed by atoms with van der Waals surface area (Å²) in [6.45, 7) is 6.85. The van der Waals surface area contributed by atoms with Crippen molar-refractivity contribution < 1.29 is 9.59 Å². The molecule has 1 aromatic heterocycles. The summed E-state index contributed by atoms with van der Waals surface area (Å²) >= 11 is 6.11. The summed E-state index contributed by atoms with van der Waals surface area (Å²) in [5.41, 5.74) is 4.92. The van der Waals surface area contributed by atoms with Crippen LogP contribution in [0, 0.1) is 13.8 Å². The number of fused-ring (bicyclic) bond motifs is 1. The number of amides is 2. The maximum absolute atomic E-state index is 12.4. The first-order valence-electron chi connectivity index (χ1n) is 9.20. The number of carbonyl (C=O) groups excluding carboxylic acids is 2. The van der Waals surface area contributed by atoms with Crippen LogP contribution in [0.4, 0.5) is 5.69 Å². The molecular weight excluding hydrogens is 376 g/mol. The number of rotatable bonds is 6. The van der Waals surface area contributed by atoms with E-state index in [1.165, 1.54) is 0 Å². The van der Waals surface area contributed by atoms with Gasteiger partial charge in [0.2, 0.25) is 11.2 Å². The van der Waals surface area contributed by atoms with Crippen LogP contribution in [0.1, 0.15) is 34.8 Å². The molecule has 2 amide bonds. The quantitative estimate of drug-likeness (QED) is 0.656. The van der Waals surface area contributed by atoms with Crippen LogP contribution >= 0.6 is 11.6 Å². The van der Waals surface area contributed by atoms with Crippen molar-refractivity contribution in [2.75, 3.05) is 11.9 Å². The van der Waals surface area contributed by atoms with Gasteiger partial charge in [0.25, 0.3) is 5.91 Å². The van der Waals surface area contributed by atoms with E-state index in [4.69, 9.17) is 11.6 Å². The lowest BCUT2D eigenvalue weighted by Crippen LogP contribution is -2.27. The minimum atomic E-state index is -0.247. The molecule has 0 unspecified atom stereocenters. The third kappa shape index (κ3) is 4.34. The molecule has 0 bridgehead atoms. The molecule has 2 aromatic carbocycles. The number of hydrogen-bond acceptors (Lipinski definition) is 3. The van der Waals surface area contributed by atoms with Gasteiger partial charge in [0.15, 0.2) is 0 Å². The Labute approximate surface area is 168 Å². The molecule has 0 saturated heterocycles. The van der Waals surface area contributed by atoms with Gasteiger partial charge >= 0.3 is 0 Å². The van der Waals surface area contributed by atoms with E-state index in [9.17, 15) is 9.59 Å². The highest BCUT2D eigenvalue weighted by atomic mass is 35.5. The second-order valence-electron chi connectivity index (χ2n) is 6.70. The normalized spacial score (nSPS) is 10.9. The van der Waals surface area contributed by atoms with Gasteiger partial charge < -0.3 is 15.2 Å². The van der Waals surface area contributed by atoms with Crippen LogP contribution in [0.5, 0.6) is 0 Å². The smallest absolute Gasteiger partial charge is 0.251 e. The molecule has 0 fully saturated rings. The molecule has 0 aliphatic carbocycles. The highest BCUT2D eigenvalue weighted by Crippen LogP contribution is 2.21. The van der Waals surface area contributed by atoms with Crippen LogP contribution < -0.4 is 10.6 Å². The van der Waals surface area contributed by atoms with Gasteiger partial charge in [-0.2, -0.15) is 0 Å². The monoisotopic (exact) mass is 398 g/mol. The zero-order valence-corrected chi connectivity index (χ0v) is 16.9. The second kappa shape index (κ2) is 8.44. The van der Waals surface area contributed by atoms with Crippen molar-refractivity contribution in [1.82, 2.24) is 14.9 Å². The van der Waals surface area contributed by atoms with Gasteiger partial charge in [-0.1, -0.05) is 12.1 Å². The van der Waals surface area contributed by atoms with Crippen molar-refractivity contribution in [3.05, 3.63) is 58.4 Å². The third-order valence-corrected chi connectivity index (χ3v) is 4.87. The fourth-order valence-corrected chi connectivity index (χ4v) is 3.32. The van der Waals surface area contributed by atoms with E-state index in [0.717, 1.165) is 22.3 Å². The molecule has 0 radical (unpaired) electrons. The van der Waals surface area contributed by atoms with Gasteiger partial charge in [0.1, 0.15) is 0 Å². The van der Waals surface area contributed by atoms with Crippen molar-refractivity contribution in [3.63, 3.8) is 0 Å². The van der Waals surface area contributed by atoms with E-state index in [-0.39, 0.29) is 24.8 Å². The molecule has 3 aromatic rings. The second-order valence-corrected chi connectivity index (χ2v) is 7.04. The number of imidazole rings is 1. The highest BCUT2D eigenvalue weighted by molar-refractivity contribution is 6.29. The Kier molecular flexibility index (Phi) is 5.99. The van der Waals surface area contributed by atoms with Gasteiger partial charge in [0, 0.05) is 30.8 Å². The van der Waals surface area contributed by atoms with E-state index in [2.05, 4.69) is 15.6 Å². The summed E-state index contributed by atoms with van der Waals surface area (Å²) in [5, 5.41) is 6.06. The average Bonchev–Trinajstić information content (AvgIpc) is 2.98. The largest absolute Gasteiger partial charge is 0.352 e. The molecule has 6 nitrogen and oxygen atoms in total. The van der Waals surface area contributed by atoms with Crippen molar-refractivity contribution >= 4 is 40.1 Å². The molecule has 7 heteroatoms. The molecule has 146 valence electrons. The Morgan fingerprint density at radius 2 is 1.93 bits per heavy atom. The van der Waals surface area contributed by atoms with Gasteiger partial charge in [-0.05, 0) is 67.8 Å². The summed E-state index contributed by atoms with van der Waals surface area (Å²) in [6, 6.07) is 11.2. The summed E-state index contributed by atoms with van der Waals surface area (Å²) in [5.74, 6) is -0.387. The first-order valence-corrected chi connectivity index (χ1v) is 9.58. The zero-order valence-electron chi connectivity index (χ0n) is 16.2. The summed E-state index contributed by atoms with van der Waals surface area (Å²) in [7, 11) is 0. The molecule has 1 heterocycles. The molecule has 0 aliphatic heterocycles. The Bertz CT molecular complexity index is 1040. The third-order valence-electron chi connectivity index (χ3n) is 4.58. The Hall–Kier alpha value is -2.86. The first-order chi connectivity index (χ1) is 13.4. The topological polar surface area (TPSA) is 76.0 Å². The van der Waals surface area contributed by atoms with Gasteiger partial charge in [-0.15, -0.1) is 0 Å². The molecule has 2 N–H and O–H groups in total. The number of aromatic nitrogens is 2. The van der Waals surface area contributed by atoms with Crippen molar-refractivity contribution in [3.8, 4) is 0 Å². The maximum Gasteiger partial charge on any atom is 0.251 e. The van der Waals surface area contributed by atoms with Crippen molar-refractivity contribution in [1.29, 1.82) is 0 Å². The molecular formula is C21H23ClN4O2. The van der Waals surface area contributed by atoms with Crippen LogP contribution in [-0.2, 0) is 11.3 Å². The van der Waals surface area contributed by atoms with E-state index in [1.54, 1.807) is 12.1 Å².